The monoisotopic (exact) mass is 1920 g/mol. The molecule has 2 saturated heterocycles. The number of carbonyl (C=O) groups excluding carboxylic acids is 3. The van der Waals surface area contributed by atoms with Gasteiger partial charge in [-0.1, -0.05) is 36.4 Å². The predicted octanol–water partition coefficient (Wildman–Crippen LogP) is 7.38. The minimum atomic E-state index is -1.14. The molecule has 8 heterocycles. The van der Waals surface area contributed by atoms with Crippen molar-refractivity contribution in [1.82, 2.24) is 20.3 Å². The Labute approximate surface area is 629 Å². The summed E-state index contributed by atoms with van der Waals surface area (Å²) in [5.74, 6) is 2.53. The number of hydrogen-bond donors (Lipinski definition) is 8. The second-order valence-corrected chi connectivity index (χ2v) is 22.5. The molecule has 3 radical (unpaired) electrons. The van der Waals surface area contributed by atoms with E-state index in [4.69, 9.17) is 47.7 Å². The maximum Gasteiger partial charge on any atom is 0.348 e. The van der Waals surface area contributed by atoms with Crippen LogP contribution in [0.3, 0.4) is 0 Å². The van der Waals surface area contributed by atoms with E-state index in [1.54, 1.807) is 111 Å². The summed E-state index contributed by atoms with van der Waals surface area (Å²) >= 11 is 3.94. The number of nitrogens with zero attached hydrogens (tertiary/aromatic N) is 3. The number of ether oxygens (including phenoxy) is 9. The van der Waals surface area contributed by atoms with E-state index in [9.17, 15) is 45.0 Å². The Kier molecular flexibility index (Phi) is 30.5. The maximum atomic E-state index is 11.9. The Morgan fingerprint density at radius 1 is 0.517 bits per heavy atom. The first-order valence-electron chi connectivity index (χ1n) is 26.6. The molecule has 2 aliphatic heterocycles. The Bertz CT molecular complexity index is 3560. The first-order valence-corrected chi connectivity index (χ1v) is 29.0. The molecular weight excluding hydrogens is 1860 g/mol. The fourth-order valence-corrected chi connectivity index (χ4v) is 11.7. The van der Waals surface area contributed by atoms with E-state index in [0.29, 0.717) is 49.1 Å². The van der Waals surface area contributed by atoms with Crippen molar-refractivity contribution in [2.45, 2.75) is 81.9 Å². The summed E-state index contributed by atoms with van der Waals surface area (Å²) in [4.78, 5) is 49.4. The van der Waals surface area contributed by atoms with Gasteiger partial charge in [0.25, 0.3) is 5.91 Å². The van der Waals surface area contributed by atoms with Crippen LogP contribution >= 0.6 is 34.0 Å². The van der Waals surface area contributed by atoms with Crippen LogP contribution in [0.1, 0.15) is 58.5 Å². The second kappa shape index (κ2) is 36.4. The number of benzene rings is 3. The van der Waals surface area contributed by atoms with E-state index >= 15 is 0 Å². The van der Waals surface area contributed by atoms with E-state index in [1.807, 2.05) is 24.3 Å². The number of nitrogens with one attached hydrogen (secondary N) is 1. The second-order valence-electron chi connectivity index (χ2n) is 19.2. The topological polar surface area (TPSA) is 327 Å². The number of hydrogen-bond acceptors (Lipinski definition) is 25. The Balaban J connectivity index is 0.000000213. The molecule has 89 heavy (non-hydrogen) atoms. The Morgan fingerprint density at radius 3 is 1.18 bits per heavy atom. The van der Waals surface area contributed by atoms with Crippen LogP contribution in [0.15, 0.2) is 128 Å². The van der Waals surface area contributed by atoms with Crippen molar-refractivity contribution >= 4 is 82.1 Å². The minimum absolute atomic E-state index is 0. The standard InChI is InChI=1S/C22H24N2O7S.C22H23NO8S.C16H13NO4S.3Ac/c1-23-22(28)18-6-14-16(8-24-9-19(14)32-18)30-13-4-2-12(3-5-13)11-29-20-7-15(26)21(27)17(10-25)31-20;1-28-22(27)18-6-14-16(8-23-9-19(14)32-18)30-13-4-2-12(3-5-13)11-29-20-7-15(25)21(26)17(10-24)31-20;1-20-16(19)14-6-12-13(7-17-8-15(12)22-14)21-11-4-2-10(9-18)3-5-11;;;/h2-6,8-9,15,17,20-21,25-27H,7,10-11H2,1H3,(H,23,28);2-6,8-9,15,17,20-21,24-26H,7,10-11H2,1H3;2-8,18H,9H2,1H3;;;/t2*15-,17-,20-,21+;;;;/m11..../s1. The van der Waals surface area contributed by atoms with Gasteiger partial charge in [-0.05, 0) is 71.3 Å². The number of pyridine rings is 3. The number of thiophene rings is 3. The number of esters is 2. The molecule has 9 aromatic rings. The Hall–Kier alpha value is -3.32. The molecule has 8 atom stereocenters. The summed E-state index contributed by atoms with van der Waals surface area (Å²) in [6, 6.07) is 26.8. The van der Waals surface area contributed by atoms with Gasteiger partial charge in [0.1, 0.15) is 51.4 Å². The van der Waals surface area contributed by atoms with Gasteiger partial charge in [0.2, 0.25) is 0 Å². The van der Waals surface area contributed by atoms with Crippen LogP contribution in [-0.4, -0.2) is 152 Å². The number of carbonyl (C=O) groups is 3. The largest absolute Gasteiger partial charge is 0.465 e. The summed E-state index contributed by atoms with van der Waals surface area (Å²) in [6.45, 7) is -0.374. The molecule has 461 valence electrons. The fraction of sp³-hybridized carbons (Fsp3) is 0.300. The van der Waals surface area contributed by atoms with Crippen molar-refractivity contribution < 1.29 is 225 Å². The first-order chi connectivity index (χ1) is 41.7. The first kappa shape index (κ1) is 74.7. The molecule has 0 aliphatic carbocycles. The van der Waals surface area contributed by atoms with Crippen molar-refractivity contribution in [2.75, 3.05) is 34.5 Å². The molecule has 23 nitrogen and oxygen atoms in total. The van der Waals surface area contributed by atoms with Gasteiger partial charge in [-0.3, -0.25) is 19.7 Å². The summed E-state index contributed by atoms with van der Waals surface area (Å²) in [6.07, 6.45) is 2.58. The number of rotatable bonds is 18. The smallest absolute Gasteiger partial charge is 0.348 e. The van der Waals surface area contributed by atoms with E-state index in [2.05, 4.69) is 20.3 Å². The van der Waals surface area contributed by atoms with Crippen LogP contribution in [0.25, 0.3) is 30.3 Å². The van der Waals surface area contributed by atoms with Gasteiger partial charge < -0.3 is 83.7 Å². The van der Waals surface area contributed by atoms with E-state index in [1.165, 1.54) is 48.2 Å². The normalized spacial score (nSPS) is 19.3. The SMILES string of the molecule is CNC(=O)c1cc2c(Oc3ccc(CO[C@H]4C[C@@H](O)[C@H](O)[C@@H](CO)O4)cc3)cncc2s1.COC(=O)c1cc2c(Oc3ccc(CO)cc3)cncc2s1.COC(=O)c1cc2c(Oc3ccc(CO[C@H]4C[C@@H](O)[C@H](O)[C@@H](CO)O4)cc3)cncc2s1.[Ac].[Ac].[Ac]. The van der Waals surface area contributed by atoms with Crippen LogP contribution in [0.4, 0.5) is 0 Å². The van der Waals surface area contributed by atoms with Crippen LogP contribution in [0.5, 0.6) is 34.5 Å². The minimum Gasteiger partial charge on any atom is -0.465 e. The van der Waals surface area contributed by atoms with Gasteiger partial charge in [-0.15, -0.1) is 34.0 Å². The van der Waals surface area contributed by atoms with Crippen molar-refractivity contribution in [2.24, 2.45) is 0 Å². The summed E-state index contributed by atoms with van der Waals surface area (Å²) < 4.78 is 52.1. The van der Waals surface area contributed by atoms with Gasteiger partial charge in [0.05, 0.1) is 97.0 Å². The van der Waals surface area contributed by atoms with Gasteiger partial charge in [0, 0.05) is 187 Å². The average molecular weight is 1920 g/mol. The van der Waals surface area contributed by atoms with Crippen LogP contribution in [-0.2, 0) is 48.2 Å². The number of aliphatic hydroxyl groups is 7. The number of amides is 1. The van der Waals surface area contributed by atoms with Crippen molar-refractivity contribution in [3.05, 3.63) is 159 Å². The summed E-state index contributed by atoms with van der Waals surface area (Å²) in [5.41, 5.74) is 2.52. The van der Waals surface area contributed by atoms with E-state index < -0.39 is 68.4 Å². The molecule has 2 fully saturated rings. The zero-order valence-corrected chi connectivity index (χ0v) is 64.7. The molecule has 8 N–H and O–H groups in total. The quantitative estimate of drug-likeness (QED) is 0.0388. The van der Waals surface area contributed by atoms with Gasteiger partial charge in [-0.25, -0.2) is 9.59 Å². The maximum absolute atomic E-state index is 11.9. The fourth-order valence-electron chi connectivity index (χ4n) is 8.77. The molecule has 6 aromatic heterocycles. The van der Waals surface area contributed by atoms with Crippen LogP contribution < -0.4 is 19.5 Å². The number of methoxy groups -OCH3 is 2. The predicted molar refractivity (Wildman–Crippen MR) is 315 cm³/mol. The van der Waals surface area contributed by atoms with Crippen molar-refractivity contribution in [1.29, 1.82) is 0 Å². The third-order valence-electron chi connectivity index (χ3n) is 13.4. The van der Waals surface area contributed by atoms with E-state index in [0.717, 1.165) is 46.9 Å². The van der Waals surface area contributed by atoms with Crippen molar-refractivity contribution in [3.63, 3.8) is 0 Å². The summed E-state index contributed by atoms with van der Waals surface area (Å²) in [7, 11) is 4.28. The molecule has 0 bridgehead atoms. The zero-order valence-electron chi connectivity index (χ0n) is 48.0. The molecule has 0 unspecified atom stereocenters. The van der Waals surface area contributed by atoms with E-state index in [-0.39, 0.29) is 177 Å². The zero-order chi connectivity index (χ0) is 60.9. The third kappa shape index (κ3) is 19.9. The molecule has 0 spiro atoms. The number of aromatic nitrogens is 3. The average Bonchev–Trinajstić information content (AvgIpc) is 3.48. The molecule has 2 aliphatic rings. The Morgan fingerprint density at radius 2 is 0.854 bits per heavy atom. The van der Waals surface area contributed by atoms with Gasteiger partial charge in [-0.2, -0.15) is 0 Å². The molecule has 29 heteroatoms. The number of aliphatic hydroxyl groups excluding tert-OH is 7. The third-order valence-corrected chi connectivity index (χ3v) is 16.6. The molecular formula is C60H60Ac3N4O19S3. The van der Waals surface area contributed by atoms with Gasteiger partial charge in [0.15, 0.2) is 29.8 Å². The molecule has 1 amide bonds. The van der Waals surface area contributed by atoms with Crippen LogP contribution in [0, 0.1) is 132 Å². The van der Waals surface area contributed by atoms with Crippen LogP contribution in [0.2, 0.25) is 0 Å². The molecule has 11 rings (SSSR count). The van der Waals surface area contributed by atoms with Crippen molar-refractivity contribution in [3.8, 4) is 34.5 Å². The molecule has 0 saturated carbocycles. The summed E-state index contributed by atoms with van der Waals surface area (Å²) in [5, 5.41) is 71.8. The number of fused-ring (bicyclic) bond motifs is 3. The molecule has 3 aromatic carbocycles. The van der Waals surface area contributed by atoms with Gasteiger partial charge >= 0.3 is 11.9 Å².